The minimum Gasteiger partial charge on any atom is -0.275 e. The van der Waals surface area contributed by atoms with Gasteiger partial charge in [0.25, 0.3) is 0 Å². The molecule has 15 heavy (non-hydrogen) atoms. The van der Waals surface area contributed by atoms with Crippen molar-refractivity contribution in [3.05, 3.63) is 35.4 Å². The third-order valence-corrected chi connectivity index (χ3v) is 2.53. The van der Waals surface area contributed by atoms with Crippen LogP contribution < -0.4 is 0 Å². The van der Waals surface area contributed by atoms with E-state index in [9.17, 15) is 4.57 Å². The number of unbranched alkanes of at least 4 members (excludes halogenated alkanes) is 2. The topological polar surface area (TPSA) is 17.1 Å². The van der Waals surface area contributed by atoms with Crippen LogP contribution in [0.1, 0.15) is 37.3 Å². The highest BCUT2D eigenvalue weighted by molar-refractivity contribution is 7.23. The Hall–Kier alpha value is -0.680. The van der Waals surface area contributed by atoms with Crippen LogP contribution in [-0.4, -0.2) is 6.16 Å². The van der Waals surface area contributed by atoms with Gasteiger partial charge in [-0.05, 0) is 20.3 Å². The molecule has 0 fully saturated rings. The summed E-state index contributed by atoms with van der Waals surface area (Å²) in [7, 11) is 0.305. The Labute approximate surface area is 95.1 Å². The van der Waals surface area contributed by atoms with Crippen molar-refractivity contribution >= 4 is 8.46 Å². The predicted molar refractivity (Wildman–Crippen MR) is 67.9 cm³/mol. The second-order valence-electron chi connectivity index (χ2n) is 3.72. The zero-order valence-corrected chi connectivity index (χ0v) is 10.9. The lowest BCUT2D eigenvalue weighted by molar-refractivity contribution is 0.596. The lowest BCUT2D eigenvalue weighted by atomic mass is 10.2. The molecule has 0 N–H and O–H groups in total. The SMILES string of the molecule is CCCCCP=O.Cc1cccc(C)c1. The van der Waals surface area contributed by atoms with Crippen molar-refractivity contribution in [2.75, 3.05) is 6.16 Å². The fourth-order valence-corrected chi connectivity index (χ4v) is 1.59. The molecule has 0 radical (unpaired) electrons. The first-order chi connectivity index (χ1) is 7.20. The molecule has 1 aromatic carbocycles. The molecule has 0 aliphatic carbocycles. The highest BCUT2D eigenvalue weighted by atomic mass is 31.1. The van der Waals surface area contributed by atoms with Gasteiger partial charge in [0.15, 0.2) is 8.46 Å². The molecule has 0 aromatic heterocycles. The van der Waals surface area contributed by atoms with Crippen LogP contribution in [0.2, 0.25) is 0 Å². The van der Waals surface area contributed by atoms with Gasteiger partial charge >= 0.3 is 0 Å². The average Bonchev–Trinajstić information content (AvgIpc) is 2.19. The van der Waals surface area contributed by atoms with Crippen molar-refractivity contribution < 1.29 is 4.57 Å². The molecule has 0 aliphatic heterocycles. The van der Waals surface area contributed by atoms with Gasteiger partial charge in [0.05, 0.1) is 0 Å². The van der Waals surface area contributed by atoms with Crippen molar-refractivity contribution in [1.29, 1.82) is 0 Å². The largest absolute Gasteiger partial charge is 0.275 e. The van der Waals surface area contributed by atoms with Gasteiger partial charge in [0.1, 0.15) is 0 Å². The fraction of sp³-hybridized carbons (Fsp3) is 0.538. The Morgan fingerprint density at radius 2 is 1.73 bits per heavy atom. The Kier molecular flexibility index (Phi) is 9.41. The van der Waals surface area contributed by atoms with Gasteiger partial charge in [-0.2, -0.15) is 0 Å². The van der Waals surface area contributed by atoms with E-state index < -0.39 is 0 Å². The summed E-state index contributed by atoms with van der Waals surface area (Å²) in [4.78, 5) is 0. The predicted octanol–water partition coefficient (Wildman–Crippen LogP) is 4.77. The van der Waals surface area contributed by atoms with Crippen LogP contribution in [0.3, 0.4) is 0 Å². The zero-order chi connectivity index (χ0) is 11.5. The molecule has 1 aromatic rings. The van der Waals surface area contributed by atoms with E-state index in [1.54, 1.807) is 0 Å². The minimum atomic E-state index is 0.305. The van der Waals surface area contributed by atoms with E-state index in [-0.39, 0.29) is 0 Å². The second kappa shape index (κ2) is 9.86. The Morgan fingerprint density at radius 1 is 1.13 bits per heavy atom. The molecular formula is C13H21OP. The maximum Gasteiger partial charge on any atom is 0.155 e. The van der Waals surface area contributed by atoms with Crippen LogP contribution in [0.15, 0.2) is 24.3 Å². The van der Waals surface area contributed by atoms with E-state index >= 15 is 0 Å². The van der Waals surface area contributed by atoms with Crippen molar-refractivity contribution in [1.82, 2.24) is 0 Å². The number of hydrogen-bond donors (Lipinski definition) is 0. The number of aryl methyl sites for hydroxylation is 2. The molecule has 0 aliphatic rings. The Morgan fingerprint density at radius 3 is 2.07 bits per heavy atom. The molecule has 0 bridgehead atoms. The monoisotopic (exact) mass is 224 g/mol. The molecule has 0 amide bonds. The van der Waals surface area contributed by atoms with Crippen LogP contribution in [0.25, 0.3) is 0 Å². The average molecular weight is 224 g/mol. The third kappa shape index (κ3) is 9.62. The lowest BCUT2D eigenvalue weighted by Crippen LogP contribution is -1.71. The van der Waals surface area contributed by atoms with E-state index in [0.29, 0.717) is 8.46 Å². The summed E-state index contributed by atoms with van der Waals surface area (Å²) in [5.41, 5.74) is 2.68. The van der Waals surface area contributed by atoms with Gasteiger partial charge in [-0.1, -0.05) is 55.2 Å². The fourth-order valence-electron chi connectivity index (χ4n) is 1.23. The summed E-state index contributed by atoms with van der Waals surface area (Å²) in [5.74, 6) is 0. The van der Waals surface area contributed by atoms with E-state index in [2.05, 4.69) is 45.0 Å². The molecule has 0 heterocycles. The van der Waals surface area contributed by atoms with E-state index in [1.807, 2.05) is 0 Å². The lowest BCUT2D eigenvalue weighted by Gasteiger charge is -1.90. The van der Waals surface area contributed by atoms with Gasteiger partial charge in [-0.25, -0.2) is 0 Å². The van der Waals surface area contributed by atoms with Gasteiger partial charge in [0, 0.05) is 6.16 Å². The summed E-state index contributed by atoms with van der Waals surface area (Å²) in [6.45, 7) is 6.35. The van der Waals surface area contributed by atoms with E-state index in [0.717, 1.165) is 12.6 Å². The van der Waals surface area contributed by atoms with Crippen LogP contribution in [0.5, 0.6) is 0 Å². The zero-order valence-electron chi connectivity index (χ0n) is 9.99. The molecule has 0 spiro atoms. The minimum absolute atomic E-state index is 0.305. The van der Waals surface area contributed by atoms with Crippen molar-refractivity contribution in [3.8, 4) is 0 Å². The van der Waals surface area contributed by atoms with Crippen LogP contribution >= 0.6 is 8.46 Å². The first-order valence-electron chi connectivity index (χ1n) is 5.53. The first kappa shape index (κ1) is 14.3. The molecule has 0 unspecified atom stereocenters. The Bertz CT molecular complexity index is 254. The summed E-state index contributed by atoms with van der Waals surface area (Å²) >= 11 is 0. The molecule has 84 valence electrons. The summed E-state index contributed by atoms with van der Waals surface area (Å²) < 4.78 is 9.78. The third-order valence-electron chi connectivity index (χ3n) is 2.03. The van der Waals surface area contributed by atoms with Gasteiger partial charge < -0.3 is 0 Å². The molecule has 0 saturated heterocycles. The van der Waals surface area contributed by atoms with Crippen LogP contribution in [0, 0.1) is 13.8 Å². The first-order valence-corrected chi connectivity index (χ1v) is 6.52. The quantitative estimate of drug-likeness (QED) is 0.531. The van der Waals surface area contributed by atoms with Crippen LogP contribution in [-0.2, 0) is 4.57 Å². The highest BCUT2D eigenvalue weighted by Crippen LogP contribution is 2.00. The summed E-state index contributed by atoms with van der Waals surface area (Å²) in [5, 5.41) is 0. The van der Waals surface area contributed by atoms with E-state index in [4.69, 9.17) is 0 Å². The molecule has 1 nitrogen and oxygen atoms in total. The normalized spacial score (nSPS) is 9.53. The number of hydrogen-bond acceptors (Lipinski definition) is 1. The highest BCUT2D eigenvalue weighted by Gasteiger charge is 1.81. The van der Waals surface area contributed by atoms with Crippen LogP contribution in [0.4, 0.5) is 0 Å². The molecule has 0 saturated carbocycles. The molecule has 0 atom stereocenters. The van der Waals surface area contributed by atoms with Gasteiger partial charge in [0.2, 0.25) is 0 Å². The molecule has 1 rings (SSSR count). The van der Waals surface area contributed by atoms with Gasteiger partial charge in [-0.3, -0.25) is 4.57 Å². The maximum atomic E-state index is 9.78. The maximum absolute atomic E-state index is 9.78. The molecule has 2 heteroatoms. The van der Waals surface area contributed by atoms with E-state index in [1.165, 1.54) is 24.0 Å². The molecular weight excluding hydrogens is 203 g/mol. The smallest absolute Gasteiger partial charge is 0.155 e. The number of benzene rings is 1. The summed E-state index contributed by atoms with van der Waals surface area (Å²) in [6, 6.07) is 8.45. The second-order valence-corrected chi connectivity index (χ2v) is 4.42. The van der Waals surface area contributed by atoms with Crippen molar-refractivity contribution in [2.45, 2.75) is 40.0 Å². The van der Waals surface area contributed by atoms with Crippen molar-refractivity contribution in [3.63, 3.8) is 0 Å². The number of rotatable bonds is 4. The Balaban J connectivity index is 0.000000265. The van der Waals surface area contributed by atoms with Gasteiger partial charge in [-0.15, -0.1) is 0 Å². The standard InChI is InChI=1S/C8H10.C5H11OP/c1-7-4-3-5-8(2)6-7;1-2-3-4-5-7-6/h3-6H,1-2H3;2-5H2,1H3. The summed E-state index contributed by atoms with van der Waals surface area (Å²) in [6.07, 6.45) is 4.39. The van der Waals surface area contributed by atoms with Crippen molar-refractivity contribution in [2.24, 2.45) is 0 Å².